The van der Waals surface area contributed by atoms with Crippen LogP contribution in [0.15, 0.2) is 59.5 Å². The zero-order valence-electron chi connectivity index (χ0n) is 18.5. The van der Waals surface area contributed by atoms with Crippen molar-refractivity contribution in [3.63, 3.8) is 0 Å². The molecule has 0 aliphatic carbocycles. The number of sulfonamides is 1. The van der Waals surface area contributed by atoms with Crippen molar-refractivity contribution in [2.75, 3.05) is 0 Å². The molecule has 2 aliphatic heterocycles. The minimum Gasteiger partial charge on any atom is -0.489 e. The van der Waals surface area contributed by atoms with Crippen molar-refractivity contribution in [3.8, 4) is 5.75 Å². The molecule has 10 heteroatoms. The Bertz CT molecular complexity index is 1330. The van der Waals surface area contributed by atoms with Gasteiger partial charge in [-0.25, -0.2) is 18.6 Å². The van der Waals surface area contributed by atoms with Crippen molar-refractivity contribution in [1.82, 2.24) is 15.2 Å². The largest absolute Gasteiger partial charge is 0.489 e. The molecule has 2 saturated heterocycles. The van der Waals surface area contributed by atoms with Crippen LogP contribution in [0, 0.1) is 12.8 Å². The van der Waals surface area contributed by atoms with E-state index in [1.165, 1.54) is 12.1 Å². The van der Waals surface area contributed by atoms with Crippen molar-refractivity contribution < 1.29 is 27.9 Å². The molecule has 0 radical (unpaired) electrons. The summed E-state index contributed by atoms with van der Waals surface area (Å²) in [6, 6.07) is 15.2. The van der Waals surface area contributed by atoms with Crippen molar-refractivity contribution in [2.45, 2.75) is 49.5 Å². The molecule has 2 bridgehead atoms. The van der Waals surface area contributed by atoms with Crippen molar-refractivity contribution in [2.24, 2.45) is 5.92 Å². The molecule has 34 heavy (non-hydrogen) atoms. The predicted molar refractivity (Wildman–Crippen MR) is 123 cm³/mol. The fourth-order valence-corrected chi connectivity index (χ4v) is 6.16. The third-order valence-electron chi connectivity index (χ3n) is 6.44. The normalized spacial score (nSPS) is 23.8. The highest BCUT2D eigenvalue weighted by molar-refractivity contribution is 7.89. The molecule has 3 N–H and O–H groups in total. The molecule has 1 amide bonds. The topological polar surface area (TPSA) is 127 Å². The third kappa shape index (κ3) is 4.25. The van der Waals surface area contributed by atoms with Crippen LogP contribution in [0.1, 0.15) is 24.1 Å². The lowest BCUT2D eigenvalue weighted by atomic mass is 9.84. The molecule has 178 valence electrons. The lowest BCUT2D eigenvalue weighted by Gasteiger charge is -2.26. The van der Waals surface area contributed by atoms with E-state index in [1.807, 2.05) is 37.3 Å². The van der Waals surface area contributed by atoms with E-state index >= 15 is 0 Å². The lowest BCUT2D eigenvalue weighted by Crippen LogP contribution is -2.51. The van der Waals surface area contributed by atoms with Gasteiger partial charge in [0, 0.05) is 16.6 Å². The maximum Gasteiger partial charge on any atom is 0.250 e. The number of amides is 1. The second kappa shape index (κ2) is 8.95. The number of carbonyl (C=O) groups excluding carboxylic acids is 1. The first kappa shape index (κ1) is 22.7. The molecule has 3 heterocycles. The number of fused-ring (bicyclic) bond motifs is 3. The van der Waals surface area contributed by atoms with Crippen LogP contribution in [0.4, 0.5) is 0 Å². The number of pyridine rings is 1. The van der Waals surface area contributed by atoms with E-state index in [4.69, 9.17) is 14.7 Å². The average molecular weight is 484 g/mol. The summed E-state index contributed by atoms with van der Waals surface area (Å²) in [7, 11) is -3.91. The number of nitrogens with zero attached hydrogens (tertiary/aromatic N) is 1. The zero-order valence-corrected chi connectivity index (χ0v) is 19.3. The fourth-order valence-electron chi connectivity index (χ4n) is 4.87. The van der Waals surface area contributed by atoms with E-state index in [-0.39, 0.29) is 4.90 Å². The number of aromatic nitrogens is 1. The van der Waals surface area contributed by atoms with E-state index in [0.29, 0.717) is 25.2 Å². The smallest absolute Gasteiger partial charge is 0.250 e. The maximum absolute atomic E-state index is 13.0. The molecule has 0 saturated carbocycles. The van der Waals surface area contributed by atoms with Gasteiger partial charge in [0.15, 0.2) is 0 Å². The first-order valence-electron chi connectivity index (χ1n) is 11.1. The molecule has 9 nitrogen and oxygen atoms in total. The summed E-state index contributed by atoms with van der Waals surface area (Å²) < 4.78 is 40.2. The Balaban J connectivity index is 1.29. The number of nitrogens with one attached hydrogen (secondary N) is 2. The Morgan fingerprint density at radius 2 is 1.88 bits per heavy atom. The molecule has 5 rings (SSSR count). The second-order valence-corrected chi connectivity index (χ2v) is 10.4. The fraction of sp³-hybridized carbons (Fsp3) is 0.333. The van der Waals surface area contributed by atoms with Gasteiger partial charge in [0.2, 0.25) is 10.0 Å². The van der Waals surface area contributed by atoms with Gasteiger partial charge in [-0.2, -0.15) is 0 Å². The maximum atomic E-state index is 13.0. The van der Waals surface area contributed by atoms with Crippen LogP contribution in [0.2, 0.25) is 0 Å². The summed E-state index contributed by atoms with van der Waals surface area (Å²) in [5, 5.41) is 10.0. The molecule has 2 fully saturated rings. The van der Waals surface area contributed by atoms with Gasteiger partial charge in [-0.3, -0.25) is 15.0 Å². The number of para-hydroxylation sites is 1. The quantitative estimate of drug-likeness (QED) is 0.348. The number of carbonyl (C=O) groups is 1. The minimum absolute atomic E-state index is 0.0518. The Hall–Kier alpha value is -3.05. The summed E-state index contributed by atoms with van der Waals surface area (Å²) in [5.41, 5.74) is 4.40. The van der Waals surface area contributed by atoms with Gasteiger partial charge in [0.1, 0.15) is 12.4 Å². The standard InChI is InChI=1S/C24H25N3O6S/c1-14-12-15(18-4-2-3-5-19(18)25-14)13-32-16-6-8-17(9-7-16)34(30,31)27-23-21-11-10-20(33-21)22(23)24(28)26-29/h2-9,12,20-23,27,29H,10-11,13H2,1H3,(H,26,28)/t20-,21+,22-,23+/m0/s1. The van der Waals surface area contributed by atoms with Crippen LogP contribution in [0.3, 0.4) is 0 Å². The van der Waals surface area contributed by atoms with E-state index in [0.717, 1.165) is 22.2 Å². The van der Waals surface area contributed by atoms with E-state index in [9.17, 15) is 13.2 Å². The number of rotatable bonds is 7. The van der Waals surface area contributed by atoms with Gasteiger partial charge in [-0.1, -0.05) is 18.2 Å². The summed E-state index contributed by atoms with van der Waals surface area (Å²) in [4.78, 5) is 16.7. The number of hydrogen-bond donors (Lipinski definition) is 3. The summed E-state index contributed by atoms with van der Waals surface area (Å²) in [5.74, 6) is -0.902. The van der Waals surface area contributed by atoms with Gasteiger partial charge < -0.3 is 9.47 Å². The van der Waals surface area contributed by atoms with Gasteiger partial charge in [0.05, 0.1) is 34.6 Å². The zero-order chi connectivity index (χ0) is 23.9. The number of aryl methyl sites for hydroxylation is 1. The van der Waals surface area contributed by atoms with Crippen LogP contribution in [0.5, 0.6) is 5.75 Å². The monoisotopic (exact) mass is 483 g/mol. The molecule has 3 aromatic rings. The first-order chi connectivity index (χ1) is 16.4. The molecule has 1 aromatic heterocycles. The summed E-state index contributed by atoms with van der Waals surface area (Å²) >= 11 is 0. The van der Waals surface area contributed by atoms with Crippen molar-refractivity contribution in [1.29, 1.82) is 0 Å². The summed E-state index contributed by atoms with van der Waals surface area (Å²) in [6.07, 6.45) is 0.499. The first-order valence-corrected chi connectivity index (χ1v) is 12.5. The Kier molecular flexibility index (Phi) is 5.98. The Labute approximate surface area is 197 Å². The predicted octanol–water partition coefficient (Wildman–Crippen LogP) is 2.45. The average Bonchev–Trinajstić information content (AvgIpc) is 3.44. The van der Waals surface area contributed by atoms with E-state index < -0.39 is 40.1 Å². The van der Waals surface area contributed by atoms with E-state index in [1.54, 1.807) is 17.6 Å². The lowest BCUT2D eigenvalue weighted by molar-refractivity contribution is -0.135. The highest BCUT2D eigenvalue weighted by Crippen LogP contribution is 2.40. The number of benzene rings is 2. The van der Waals surface area contributed by atoms with Crippen LogP contribution in [-0.4, -0.2) is 42.8 Å². The second-order valence-electron chi connectivity index (χ2n) is 8.64. The van der Waals surface area contributed by atoms with Gasteiger partial charge >= 0.3 is 0 Å². The van der Waals surface area contributed by atoms with Gasteiger partial charge in [-0.15, -0.1) is 0 Å². The molecular weight excluding hydrogens is 458 g/mol. The molecule has 0 unspecified atom stereocenters. The molecular formula is C24H25N3O6S. The number of hydroxylamine groups is 1. The Morgan fingerprint density at radius 3 is 2.65 bits per heavy atom. The number of ether oxygens (including phenoxy) is 2. The molecule has 0 spiro atoms. The highest BCUT2D eigenvalue weighted by atomic mass is 32.2. The van der Waals surface area contributed by atoms with Crippen molar-refractivity contribution in [3.05, 3.63) is 65.9 Å². The highest BCUT2D eigenvalue weighted by Gasteiger charge is 2.53. The van der Waals surface area contributed by atoms with Crippen LogP contribution in [-0.2, 0) is 26.2 Å². The SMILES string of the molecule is Cc1cc(COc2ccc(S(=O)(=O)N[C@H]3[C@@H](C(=O)NO)[C@@H]4CC[C@H]3O4)cc2)c2ccccc2n1. The van der Waals surface area contributed by atoms with E-state index in [2.05, 4.69) is 9.71 Å². The van der Waals surface area contributed by atoms with Gasteiger partial charge in [-0.05, 0) is 56.2 Å². The summed E-state index contributed by atoms with van der Waals surface area (Å²) in [6.45, 7) is 2.24. The molecule has 2 aromatic carbocycles. The van der Waals surface area contributed by atoms with Crippen LogP contribution in [0.25, 0.3) is 10.9 Å². The minimum atomic E-state index is -3.91. The molecule has 2 aliphatic rings. The Morgan fingerprint density at radius 1 is 1.15 bits per heavy atom. The van der Waals surface area contributed by atoms with Crippen LogP contribution < -0.4 is 14.9 Å². The van der Waals surface area contributed by atoms with Gasteiger partial charge in [0.25, 0.3) is 5.91 Å². The molecule has 4 atom stereocenters. The van der Waals surface area contributed by atoms with Crippen LogP contribution >= 0.6 is 0 Å². The van der Waals surface area contributed by atoms with Crippen molar-refractivity contribution >= 4 is 26.8 Å². The number of hydrogen-bond acceptors (Lipinski definition) is 7. The third-order valence-corrected chi connectivity index (χ3v) is 7.91.